The Bertz CT molecular complexity index is 505. The second-order valence-electron chi connectivity index (χ2n) is 3.04. The summed E-state index contributed by atoms with van der Waals surface area (Å²) < 4.78 is 93.2. The normalized spacial score (nSPS) is 12.6. The third-order valence-corrected chi connectivity index (χ3v) is 2.12. The van der Waals surface area contributed by atoms with E-state index >= 15 is 0 Å². The molecule has 19 heavy (non-hydrogen) atoms. The number of anilines is 1. The summed E-state index contributed by atoms with van der Waals surface area (Å²) in [6.45, 7) is 0. The van der Waals surface area contributed by atoms with Crippen LogP contribution in [0.3, 0.4) is 0 Å². The maximum atomic E-state index is 11.9. The topological polar surface area (TPSA) is 80.4 Å². The fourth-order valence-corrected chi connectivity index (χ4v) is 0.672. The molecular weight excluding hydrogens is 304 g/mol. The van der Waals surface area contributed by atoms with Crippen molar-refractivity contribution in [2.45, 2.75) is 11.7 Å². The predicted octanol–water partition coefficient (Wildman–Crippen LogP) is 2.68. The summed E-state index contributed by atoms with van der Waals surface area (Å²) in [4.78, 5) is 0. The molecule has 0 aliphatic rings. The van der Waals surface area contributed by atoms with Crippen LogP contribution in [-0.4, -0.2) is 18.5 Å². The van der Waals surface area contributed by atoms with Gasteiger partial charge in [-0.1, -0.05) is 0 Å². The molecule has 0 saturated carbocycles. The first-order chi connectivity index (χ1) is 8.25. The van der Waals surface area contributed by atoms with E-state index in [1.165, 1.54) is 12.1 Å². The van der Waals surface area contributed by atoms with Gasteiger partial charge >= 0.3 is 21.8 Å². The van der Waals surface area contributed by atoms with Crippen LogP contribution < -0.4 is 5.73 Å². The number of hydrogen-bond acceptors (Lipinski definition) is 3. The van der Waals surface area contributed by atoms with Crippen molar-refractivity contribution in [1.29, 1.82) is 0 Å². The van der Waals surface area contributed by atoms with Crippen molar-refractivity contribution >= 4 is 15.8 Å². The Hall–Kier alpha value is -1.49. The summed E-state index contributed by atoms with van der Waals surface area (Å²) in [5.41, 5.74) is -0.675. The van der Waals surface area contributed by atoms with Crippen molar-refractivity contribution < 1.29 is 39.3 Å². The van der Waals surface area contributed by atoms with Crippen molar-refractivity contribution in [3.05, 3.63) is 29.8 Å². The fourth-order valence-electron chi connectivity index (χ4n) is 0.672. The molecule has 0 unspecified atom stereocenters. The first-order valence-corrected chi connectivity index (χ1v) is 5.65. The smallest absolute Gasteiger partial charge is 0.399 e. The summed E-state index contributed by atoms with van der Waals surface area (Å²) in [7, 11) is -5.84. The molecule has 0 amide bonds. The van der Waals surface area contributed by atoms with E-state index < -0.39 is 27.4 Å². The molecule has 0 aromatic heterocycles. The first kappa shape index (κ1) is 17.5. The lowest BCUT2D eigenvalue weighted by molar-refractivity contribution is -0.137. The molecule has 4 nitrogen and oxygen atoms in total. The third-order valence-electron chi connectivity index (χ3n) is 1.53. The van der Waals surface area contributed by atoms with E-state index in [-0.39, 0.29) is 0 Å². The molecular formula is C8H7F6NO3S. The monoisotopic (exact) mass is 311 g/mol. The minimum Gasteiger partial charge on any atom is -0.399 e. The third kappa shape index (κ3) is 6.29. The van der Waals surface area contributed by atoms with Crippen LogP contribution in [0.1, 0.15) is 5.56 Å². The van der Waals surface area contributed by atoms with Gasteiger partial charge in [0.2, 0.25) is 0 Å². The molecule has 0 saturated heterocycles. The lowest BCUT2D eigenvalue weighted by Gasteiger charge is -2.05. The molecule has 11 heteroatoms. The van der Waals surface area contributed by atoms with Crippen LogP contribution in [0.2, 0.25) is 0 Å². The van der Waals surface area contributed by atoms with Crippen LogP contribution in [0.25, 0.3) is 0 Å². The number of halogens is 6. The quantitative estimate of drug-likeness (QED) is 0.334. The summed E-state index contributed by atoms with van der Waals surface area (Å²) in [6, 6.07) is 4.36. The SMILES string of the molecule is Nc1ccc(C(F)(F)F)cc1.O=S(=O)(O)C(F)(F)F. The average Bonchev–Trinajstić information content (AvgIpc) is 2.14. The van der Waals surface area contributed by atoms with Gasteiger partial charge in [0.25, 0.3) is 0 Å². The molecule has 0 aliphatic carbocycles. The second-order valence-corrected chi connectivity index (χ2v) is 4.45. The van der Waals surface area contributed by atoms with Crippen molar-refractivity contribution in [2.24, 2.45) is 0 Å². The van der Waals surface area contributed by atoms with E-state index in [4.69, 9.17) is 18.7 Å². The number of hydrogen-bond donors (Lipinski definition) is 2. The van der Waals surface area contributed by atoms with Gasteiger partial charge in [0, 0.05) is 5.69 Å². The van der Waals surface area contributed by atoms with E-state index in [1.54, 1.807) is 0 Å². The van der Waals surface area contributed by atoms with Crippen molar-refractivity contribution in [1.82, 2.24) is 0 Å². The van der Waals surface area contributed by atoms with Crippen LogP contribution in [0.4, 0.5) is 32.0 Å². The largest absolute Gasteiger partial charge is 0.522 e. The van der Waals surface area contributed by atoms with Gasteiger partial charge in [-0.2, -0.15) is 34.8 Å². The maximum absolute atomic E-state index is 11.9. The number of rotatable bonds is 0. The highest BCUT2D eigenvalue weighted by atomic mass is 32.2. The zero-order valence-corrected chi connectivity index (χ0v) is 9.64. The van der Waals surface area contributed by atoms with E-state index in [1.807, 2.05) is 0 Å². The number of benzene rings is 1. The Kier molecular flexibility index (Phi) is 5.21. The minimum atomic E-state index is -5.84. The molecule has 0 heterocycles. The molecule has 1 rings (SSSR count). The van der Waals surface area contributed by atoms with Crippen molar-refractivity contribution in [3.63, 3.8) is 0 Å². The van der Waals surface area contributed by atoms with Gasteiger partial charge in [0.15, 0.2) is 0 Å². The number of nitrogens with two attached hydrogens (primary N) is 1. The zero-order valence-electron chi connectivity index (χ0n) is 8.83. The van der Waals surface area contributed by atoms with Crippen molar-refractivity contribution in [2.75, 3.05) is 5.73 Å². The van der Waals surface area contributed by atoms with Gasteiger partial charge in [-0.3, -0.25) is 4.55 Å². The van der Waals surface area contributed by atoms with E-state index in [0.717, 1.165) is 12.1 Å². The maximum Gasteiger partial charge on any atom is 0.522 e. The molecule has 1 aromatic rings. The predicted molar refractivity (Wildman–Crippen MR) is 53.5 cm³/mol. The molecule has 0 spiro atoms. The van der Waals surface area contributed by atoms with Crippen LogP contribution >= 0.6 is 0 Å². The second kappa shape index (κ2) is 5.65. The summed E-state index contributed by atoms with van der Waals surface area (Å²) in [5.74, 6) is 0. The zero-order chi connectivity index (χ0) is 15.5. The first-order valence-electron chi connectivity index (χ1n) is 4.21. The summed E-state index contributed by atoms with van der Waals surface area (Å²) in [6.07, 6.45) is -4.27. The highest BCUT2D eigenvalue weighted by molar-refractivity contribution is 7.86. The summed E-state index contributed by atoms with van der Waals surface area (Å²) >= 11 is 0. The average molecular weight is 311 g/mol. The number of alkyl halides is 6. The Labute approximate surface area is 103 Å². The minimum absolute atomic E-state index is 0.331. The van der Waals surface area contributed by atoms with Gasteiger partial charge in [-0.15, -0.1) is 0 Å². The lowest BCUT2D eigenvalue weighted by atomic mass is 10.2. The van der Waals surface area contributed by atoms with E-state index in [0.29, 0.717) is 5.69 Å². The molecule has 3 N–H and O–H groups in total. The lowest BCUT2D eigenvalue weighted by Crippen LogP contribution is -2.21. The number of nitrogen functional groups attached to an aromatic ring is 1. The Morgan fingerprint density at radius 3 is 1.47 bits per heavy atom. The highest BCUT2D eigenvalue weighted by Crippen LogP contribution is 2.29. The Balaban J connectivity index is 0.000000362. The molecule has 0 atom stereocenters. The molecule has 110 valence electrons. The van der Waals surface area contributed by atoms with Crippen LogP contribution in [0.5, 0.6) is 0 Å². The molecule has 0 fully saturated rings. The standard InChI is InChI=1S/C7H6F3N.CHF3O3S/c8-7(9,10)5-1-3-6(11)4-2-5;2-1(3,4)8(5,6)7/h1-4H,11H2;(H,5,6,7). The Morgan fingerprint density at radius 1 is 0.947 bits per heavy atom. The van der Waals surface area contributed by atoms with Gasteiger partial charge in [-0.05, 0) is 24.3 Å². The van der Waals surface area contributed by atoms with Gasteiger partial charge in [-0.25, -0.2) is 0 Å². The van der Waals surface area contributed by atoms with E-state index in [9.17, 15) is 26.3 Å². The highest BCUT2D eigenvalue weighted by Gasteiger charge is 2.44. The van der Waals surface area contributed by atoms with Crippen LogP contribution in [0.15, 0.2) is 24.3 Å². The van der Waals surface area contributed by atoms with Gasteiger partial charge in [0.1, 0.15) is 0 Å². The van der Waals surface area contributed by atoms with Gasteiger partial charge in [0.05, 0.1) is 5.56 Å². The molecule has 0 radical (unpaired) electrons. The van der Waals surface area contributed by atoms with Gasteiger partial charge < -0.3 is 5.73 Å². The van der Waals surface area contributed by atoms with Crippen LogP contribution in [-0.2, 0) is 16.3 Å². The Morgan fingerprint density at radius 2 is 1.26 bits per heavy atom. The van der Waals surface area contributed by atoms with Crippen LogP contribution in [0, 0.1) is 0 Å². The summed E-state index contributed by atoms with van der Waals surface area (Å²) in [5, 5.41) is 0. The van der Waals surface area contributed by atoms with Crippen molar-refractivity contribution in [3.8, 4) is 0 Å². The molecule has 1 aromatic carbocycles. The fraction of sp³-hybridized carbons (Fsp3) is 0.250. The van der Waals surface area contributed by atoms with E-state index in [2.05, 4.69) is 0 Å². The molecule has 0 aliphatic heterocycles. The molecule has 0 bridgehead atoms.